The van der Waals surface area contributed by atoms with E-state index < -0.39 is 5.82 Å². The minimum absolute atomic E-state index is 0.0866. The predicted molar refractivity (Wildman–Crippen MR) is 98.7 cm³/mol. The Balaban J connectivity index is 2.23. The second kappa shape index (κ2) is 6.83. The van der Waals surface area contributed by atoms with Crippen molar-refractivity contribution < 1.29 is 9.13 Å². The maximum atomic E-state index is 13.7. The molecule has 0 unspecified atom stereocenters. The number of benzene rings is 1. The number of ether oxygens (including phenoxy) is 1. The molecule has 26 heavy (non-hydrogen) atoms. The van der Waals surface area contributed by atoms with Crippen molar-refractivity contribution in [3.05, 3.63) is 58.3 Å². The average molecular weight is 355 g/mol. The Kier molecular flexibility index (Phi) is 4.57. The number of aromatic nitrogens is 3. The second-order valence-corrected chi connectivity index (χ2v) is 5.51. The van der Waals surface area contributed by atoms with E-state index in [0.29, 0.717) is 22.5 Å². The van der Waals surface area contributed by atoms with Crippen molar-refractivity contribution in [1.82, 2.24) is 19.6 Å². The Hall–Kier alpha value is -3.42. The molecule has 0 radical (unpaired) electrons. The molecule has 0 fully saturated rings. The number of methoxy groups -OCH3 is 1. The van der Waals surface area contributed by atoms with Gasteiger partial charge in [-0.1, -0.05) is 6.08 Å². The van der Waals surface area contributed by atoms with Crippen molar-refractivity contribution in [1.29, 1.82) is 0 Å². The van der Waals surface area contributed by atoms with Gasteiger partial charge < -0.3 is 4.74 Å². The van der Waals surface area contributed by atoms with E-state index in [-0.39, 0.29) is 11.3 Å². The Bertz CT molecular complexity index is 1070. The number of allylic oxidation sites excluding steroid dienone is 1. The van der Waals surface area contributed by atoms with Crippen LogP contribution in [0.25, 0.3) is 22.6 Å². The van der Waals surface area contributed by atoms with Crippen molar-refractivity contribution in [2.75, 3.05) is 14.2 Å². The molecule has 1 N–H and O–H groups in total. The zero-order valence-electron chi connectivity index (χ0n) is 14.7. The molecule has 0 aliphatic rings. The van der Waals surface area contributed by atoms with Crippen LogP contribution in [0.3, 0.4) is 0 Å². The number of nitrogens with one attached hydrogen (secondary N) is 1. The highest BCUT2D eigenvalue weighted by Crippen LogP contribution is 2.26. The predicted octanol–water partition coefficient (Wildman–Crippen LogP) is 2.75. The topological polar surface area (TPSA) is 75.0 Å². The summed E-state index contributed by atoms with van der Waals surface area (Å²) in [7, 11) is 3.13. The molecule has 3 aromatic rings. The van der Waals surface area contributed by atoms with Gasteiger partial charge in [-0.2, -0.15) is 5.10 Å². The van der Waals surface area contributed by atoms with Crippen LogP contribution in [0.2, 0.25) is 0 Å². The summed E-state index contributed by atoms with van der Waals surface area (Å²) < 4.78 is 20.0. The second-order valence-electron chi connectivity index (χ2n) is 5.51. The Morgan fingerprint density at radius 2 is 2.23 bits per heavy atom. The molecule has 134 valence electrons. The largest absolute Gasteiger partial charge is 0.494 e. The highest BCUT2D eigenvalue weighted by molar-refractivity contribution is 5.76. The quantitative estimate of drug-likeness (QED) is 0.564. The molecule has 3 rings (SSSR count). The molecule has 0 amide bonds. The van der Waals surface area contributed by atoms with Gasteiger partial charge in [0.15, 0.2) is 17.2 Å². The molecule has 2 aromatic heterocycles. The number of hydrazone groups is 1. The van der Waals surface area contributed by atoms with Crippen LogP contribution < -0.4 is 10.3 Å². The Morgan fingerprint density at radius 3 is 2.88 bits per heavy atom. The summed E-state index contributed by atoms with van der Waals surface area (Å²) >= 11 is 0. The first-order valence-electron chi connectivity index (χ1n) is 7.82. The third-order valence-corrected chi connectivity index (χ3v) is 4.05. The van der Waals surface area contributed by atoms with Crippen LogP contribution in [0.15, 0.2) is 46.4 Å². The van der Waals surface area contributed by atoms with Crippen molar-refractivity contribution in [2.45, 2.75) is 6.92 Å². The van der Waals surface area contributed by atoms with Crippen LogP contribution in [0.5, 0.6) is 5.75 Å². The molecular formula is C18H18FN5O2. The summed E-state index contributed by atoms with van der Waals surface area (Å²) in [5.74, 6) is -0.394. The normalized spacial score (nSPS) is 11.6. The Morgan fingerprint density at radius 1 is 1.46 bits per heavy atom. The van der Waals surface area contributed by atoms with Crippen LogP contribution in [-0.4, -0.2) is 40.5 Å². The van der Waals surface area contributed by atoms with Gasteiger partial charge in [0.05, 0.1) is 24.1 Å². The first-order chi connectivity index (χ1) is 12.5. The van der Waals surface area contributed by atoms with Crippen LogP contribution in [-0.2, 0) is 0 Å². The van der Waals surface area contributed by atoms with E-state index in [4.69, 9.17) is 4.74 Å². The van der Waals surface area contributed by atoms with Crippen molar-refractivity contribution in [3.8, 4) is 17.0 Å². The van der Waals surface area contributed by atoms with Crippen molar-refractivity contribution >= 4 is 18.1 Å². The van der Waals surface area contributed by atoms with Gasteiger partial charge in [-0.15, -0.1) is 0 Å². The molecule has 0 aliphatic carbocycles. The Labute approximate surface area is 149 Å². The van der Waals surface area contributed by atoms with E-state index in [9.17, 15) is 9.18 Å². The lowest BCUT2D eigenvalue weighted by Crippen LogP contribution is -2.15. The standard InChI is InChI=1S/C18H18FN5O2/c1-5-15(23(3)20-2)12-10-21-24-17(25)9-14(22-18(12)24)11-6-7-13(19)16(8-11)26-4/h5-10,21H,2H2,1,3-4H3/b15-5-. The van der Waals surface area contributed by atoms with E-state index in [1.807, 2.05) is 13.0 Å². The van der Waals surface area contributed by atoms with Crippen LogP contribution in [0.4, 0.5) is 4.39 Å². The summed E-state index contributed by atoms with van der Waals surface area (Å²) in [6.07, 6.45) is 3.52. The third kappa shape index (κ3) is 2.85. The molecule has 8 heteroatoms. The van der Waals surface area contributed by atoms with Gasteiger partial charge in [0.25, 0.3) is 5.56 Å². The van der Waals surface area contributed by atoms with Gasteiger partial charge in [0.1, 0.15) is 0 Å². The van der Waals surface area contributed by atoms with Gasteiger partial charge in [0.2, 0.25) is 0 Å². The van der Waals surface area contributed by atoms with E-state index in [1.54, 1.807) is 24.3 Å². The van der Waals surface area contributed by atoms with Gasteiger partial charge in [-0.05, 0) is 25.1 Å². The molecule has 7 nitrogen and oxygen atoms in total. The summed E-state index contributed by atoms with van der Waals surface area (Å²) in [6.45, 7) is 5.37. The van der Waals surface area contributed by atoms with Crippen molar-refractivity contribution in [3.63, 3.8) is 0 Å². The molecule has 1 aromatic carbocycles. The van der Waals surface area contributed by atoms with Crippen LogP contribution in [0, 0.1) is 5.82 Å². The lowest BCUT2D eigenvalue weighted by molar-refractivity contribution is 0.387. The average Bonchev–Trinajstić information content (AvgIpc) is 3.07. The number of rotatable bonds is 5. The molecule has 0 saturated heterocycles. The maximum Gasteiger partial charge on any atom is 0.273 e. The van der Waals surface area contributed by atoms with Crippen LogP contribution in [0.1, 0.15) is 12.5 Å². The van der Waals surface area contributed by atoms with Gasteiger partial charge >= 0.3 is 0 Å². The molecule has 0 bridgehead atoms. The molecular weight excluding hydrogens is 337 g/mol. The number of hydrogen-bond donors (Lipinski definition) is 1. The summed E-state index contributed by atoms with van der Waals surface area (Å²) in [5.41, 5.74) is 2.56. The fourth-order valence-corrected chi connectivity index (χ4v) is 2.73. The first-order valence-corrected chi connectivity index (χ1v) is 7.82. The van der Waals surface area contributed by atoms with E-state index in [0.717, 1.165) is 5.70 Å². The number of halogens is 1. The minimum atomic E-state index is -0.480. The highest BCUT2D eigenvalue weighted by Gasteiger charge is 2.16. The molecule has 0 saturated carbocycles. The van der Waals surface area contributed by atoms with Crippen LogP contribution >= 0.6 is 0 Å². The maximum absolute atomic E-state index is 13.7. The molecule has 0 aliphatic heterocycles. The minimum Gasteiger partial charge on any atom is -0.494 e. The van der Waals surface area contributed by atoms with E-state index in [2.05, 4.69) is 21.9 Å². The summed E-state index contributed by atoms with van der Waals surface area (Å²) in [5, 5.41) is 8.36. The number of nitrogens with zero attached hydrogens (tertiary/aromatic N) is 4. The van der Waals surface area contributed by atoms with Crippen molar-refractivity contribution in [2.24, 2.45) is 5.10 Å². The number of H-pyrrole nitrogens is 1. The summed E-state index contributed by atoms with van der Waals surface area (Å²) in [4.78, 5) is 17.1. The fraction of sp³-hybridized carbons (Fsp3) is 0.167. The molecule has 0 atom stereocenters. The zero-order valence-corrected chi connectivity index (χ0v) is 14.7. The molecule has 2 heterocycles. The monoisotopic (exact) mass is 355 g/mol. The molecule has 0 spiro atoms. The summed E-state index contributed by atoms with van der Waals surface area (Å²) in [6, 6.07) is 5.72. The SMILES string of the molecule is C=NN(C)/C(=C\C)c1c[nH]n2c(=O)cc(-c3ccc(F)c(OC)c3)nc12. The van der Waals surface area contributed by atoms with E-state index >= 15 is 0 Å². The lowest BCUT2D eigenvalue weighted by Gasteiger charge is -2.15. The lowest BCUT2D eigenvalue weighted by atomic mass is 10.1. The highest BCUT2D eigenvalue weighted by atomic mass is 19.1. The zero-order chi connectivity index (χ0) is 18.8. The fourth-order valence-electron chi connectivity index (χ4n) is 2.73. The van der Waals surface area contributed by atoms with Gasteiger partial charge in [-0.25, -0.2) is 13.9 Å². The van der Waals surface area contributed by atoms with Gasteiger partial charge in [-0.3, -0.25) is 14.9 Å². The van der Waals surface area contributed by atoms with Gasteiger partial charge in [0, 0.05) is 31.6 Å². The first kappa shape index (κ1) is 17.4. The number of hydrogen-bond acceptors (Lipinski definition) is 5. The third-order valence-electron chi connectivity index (χ3n) is 4.05. The van der Waals surface area contributed by atoms with E-state index in [1.165, 1.54) is 29.8 Å². The number of aromatic amines is 1. The smallest absolute Gasteiger partial charge is 0.273 e. The number of fused-ring (bicyclic) bond motifs is 1.